The molecule has 2 aromatic heterocycles. The van der Waals surface area contributed by atoms with Gasteiger partial charge < -0.3 is 23.6 Å². The van der Waals surface area contributed by atoms with Crippen LogP contribution in [0.3, 0.4) is 0 Å². The first kappa shape index (κ1) is 33.2. The lowest BCUT2D eigenvalue weighted by Crippen LogP contribution is -2.50. The molecule has 14 heteroatoms. The van der Waals surface area contributed by atoms with Gasteiger partial charge in [-0.25, -0.2) is 26.6 Å². The fourth-order valence-electron chi connectivity index (χ4n) is 6.11. The Hall–Kier alpha value is -5.34. The molecule has 6 aromatic rings. The summed E-state index contributed by atoms with van der Waals surface area (Å²) in [4.78, 5) is 17.7. The van der Waals surface area contributed by atoms with E-state index in [1.54, 1.807) is 30.3 Å². The second-order valence-corrected chi connectivity index (χ2v) is 14.4. The molecule has 0 radical (unpaired) electrons. The number of hydrogen-bond acceptors (Lipinski definition) is 8. The number of benzene rings is 4. The number of hydrogen-bond donors (Lipinski definition) is 1. The highest BCUT2D eigenvalue weighted by Gasteiger charge is 2.39. The maximum atomic E-state index is 14.6. The van der Waals surface area contributed by atoms with Crippen molar-refractivity contribution in [3.8, 4) is 39.7 Å². The normalized spacial score (nSPS) is 14.1. The third-order valence-electron chi connectivity index (χ3n) is 8.62. The molecule has 3 heterocycles. The number of ether oxygens (including phenoxy) is 2. The second kappa shape index (κ2) is 12.2. The maximum absolute atomic E-state index is 14.6. The van der Waals surface area contributed by atoms with Crippen LogP contribution in [-0.2, 0) is 14.8 Å². The van der Waals surface area contributed by atoms with Crippen LogP contribution in [0.4, 0.5) is 18.9 Å². The number of aromatic nitrogens is 1. The van der Waals surface area contributed by atoms with Gasteiger partial charge in [0, 0.05) is 53.7 Å². The van der Waals surface area contributed by atoms with Gasteiger partial charge in [0.05, 0.1) is 43.4 Å². The number of nitrogens with zero attached hydrogens (tertiary/aromatic N) is 2. The van der Waals surface area contributed by atoms with E-state index in [4.69, 9.17) is 18.3 Å². The first-order valence-corrected chi connectivity index (χ1v) is 17.2. The number of oxazole rings is 1. The van der Waals surface area contributed by atoms with Crippen molar-refractivity contribution in [1.29, 1.82) is 0 Å². The van der Waals surface area contributed by atoms with E-state index >= 15 is 0 Å². The molecule has 1 saturated heterocycles. The minimum Gasteiger partial charge on any atom is -0.496 e. The molecule has 4 aromatic carbocycles. The van der Waals surface area contributed by atoms with Gasteiger partial charge in [0.25, 0.3) is 5.91 Å². The van der Waals surface area contributed by atoms with Crippen molar-refractivity contribution in [2.24, 2.45) is 5.41 Å². The fraction of sp³-hybridized carbons (Fsp3) is 0.222. The molecule has 1 amide bonds. The number of carbonyl (C=O) groups excluding carboxylic acids is 1. The van der Waals surface area contributed by atoms with Gasteiger partial charge in [-0.15, -0.1) is 0 Å². The Balaban J connectivity index is 1.51. The Bertz CT molecular complexity index is 2420. The minimum absolute atomic E-state index is 0.0666. The van der Waals surface area contributed by atoms with Crippen LogP contribution >= 0.6 is 0 Å². The van der Waals surface area contributed by atoms with Crippen molar-refractivity contribution in [3.63, 3.8) is 0 Å². The van der Waals surface area contributed by atoms with Crippen molar-refractivity contribution in [2.45, 2.75) is 6.92 Å². The van der Waals surface area contributed by atoms with Crippen LogP contribution in [0.5, 0.6) is 5.75 Å². The molecule has 1 aliphatic rings. The van der Waals surface area contributed by atoms with Gasteiger partial charge in [-0.05, 0) is 48.0 Å². The molecule has 0 atom stereocenters. The van der Waals surface area contributed by atoms with Crippen molar-refractivity contribution in [2.75, 3.05) is 44.5 Å². The van der Waals surface area contributed by atoms with Gasteiger partial charge in [0.15, 0.2) is 11.4 Å². The number of methoxy groups -OCH3 is 1. The van der Waals surface area contributed by atoms with Gasteiger partial charge >= 0.3 is 0 Å². The number of anilines is 1. The van der Waals surface area contributed by atoms with E-state index in [0.29, 0.717) is 41.4 Å². The summed E-state index contributed by atoms with van der Waals surface area (Å²) >= 11 is 0. The average molecular weight is 706 g/mol. The molecule has 0 spiro atoms. The van der Waals surface area contributed by atoms with E-state index in [9.17, 15) is 26.4 Å². The summed E-state index contributed by atoms with van der Waals surface area (Å²) in [5.74, 6) is -2.34. The molecular formula is C36H30F3N3O7S. The number of fused-ring (bicyclic) bond motifs is 2. The molecular weight excluding hydrogens is 675 g/mol. The molecule has 0 saturated carbocycles. The predicted molar refractivity (Wildman–Crippen MR) is 181 cm³/mol. The van der Waals surface area contributed by atoms with Crippen LogP contribution in [0, 0.1) is 22.9 Å². The quantitative estimate of drug-likeness (QED) is 0.168. The molecule has 0 bridgehead atoms. The molecule has 10 nitrogen and oxygen atoms in total. The average Bonchev–Trinajstić information content (AvgIpc) is 3.67. The number of rotatable bonds is 9. The molecule has 0 unspecified atom stereocenters. The summed E-state index contributed by atoms with van der Waals surface area (Å²) in [6.07, 6.45) is 1.09. The molecule has 7 rings (SSSR count). The van der Waals surface area contributed by atoms with E-state index < -0.39 is 38.8 Å². The number of furan rings is 1. The molecule has 1 N–H and O–H groups in total. The number of sulfonamides is 1. The summed E-state index contributed by atoms with van der Waals surface area (Å²) in [6.45, 7) is 2.66. The van der Waals surface area contributed by atoms with E-state index in [1.165, 1.54) is 42.7 Å². The first-order valence-electron chi connectivity index (χ1n) is 15.4. The lowest BCUT2D eigenvalue weighted by atomic mass is 9.88. The minimum atomic E-state index is -3.93. The number of carbonyl (C=O) groups is 1. The van der Waals surface area contributed by atoms with Crippen LogP contribution in [-0.4, -0.2) is 59.5 Å². The SMILES string of the molecule is CNC(=O)c1c(-c2ccc(F)cc2)oc2cc(N(CC3(C)COC3)S(C)(=O)=O)c(-c3ccc(OC)c(-c4nc5c(F)cc(F)cc5o4)c3)cc12. The smallest absolute Gasteiger partial charge is 0.255 e. The fourth-order valence-corrected chi connectivity index (χ4v) is 7.16. The molecule has 258 valence electrons. The largest absolute Gasteiger partial charge is 0.496 e. The number of amides is 1. The summed E-state index contributed by atoms with van der Waals surface area (Å²) in [6, 6.07) is 15.3. The van der Waals surface area contributed by atoms with Crippen molar-refractivity contribution >= 4 is 43.7 Å². The van der Waals surface area contributed by atoms with Crippen LogP contribution in [0.15, 0.2) is 75.6 Å². The van der Waals surface area contributed by atoms with E-state index in [2.05, 4.69) is 10.3 Å². The van der Waals surface area contributed by atoms with Gasteiger partial charge in [0.2, 0.25) is 15.9 Å². The Morgan fingerprint density at radius 1 is 0.940 bits per heavy atom. The highest BCUT2D eigenvalue weighted by molar-refractivity contribution is 7.92. The molecule has 1 aliphatic heterocycles. The highest BCUT2D eigenvalue weighted by Crippen LogP contribution is 2.45. The standard InChI is InChI=1S/C36H30F3N3O7S/c1-36(17-47-18-36)16-42(50(4,44)45)27-15-29-24(31(34(43)40-2)33(48-29)19-5-8-21(37)9-6-19)14-23(27)20-7-10-28(46-3)25(11-20)35-41-32-26(39)12-22(38)13-30(32)49-35/h5-15H,16-18H2,1-4H3,(H,40,43). The molecule has 0 aliphatic carbocycles. The summed E-state index contributed by atoms with van der Waals surface area (Å²) in [5.41, 5.74) is 1.31. The zero-order chi connectivity index (χ0) is 35.5. The summed E-state index contributed by atoms with van der Waals surface area (Å²) < 4.78 is 93.9. The Labute approximate surface area is 284 Å². The Morgan fingerprint density at radius 3 is 2.30 bits per heavy atom. The lowest BCUT2D eigenvalue weighted by molar-refractivity contribution is -0.0940. The third-order valence-corrected chi connectivity index (χ3v) is 9.74. The van der Waals surface area contributed by atoms with Crippen molar-refractivity contribution in [3.05, 3.63) is 89.7 Å². The van der Waals surface area contributed by atoms with Gasteiger partial charge in [0.1, 0.15) is 34.2 Å². The first-order chi connectivity index (χ1) is 23.8. The van der Waals surface area contributed by atoms with Crippen LogP contribution in [0.2, 0.25) is 0 Å². The van der Waals surface area contributed by atoms with E-state index in [-0.39, 0.29) is 57.4 Å². The number of halogens is 3. The highest BCUT2D eigenvalue weighted by atomic mass is 32.2. The lowest BCUT2D eigenvalue weighted by Gasteiger charge is -2.42. The topological polar surface area (TPSA) is 124 Å². The second-order valence-electron chi connectivity index (χ2n) is 12.5. The van der Waals surface area contributed by atoms with Crippen molar-refractivity contribution < 1.29 is 44.7 Å². The maximum Gasteiger partial charge on any atom is 0.255 e. The Morgan fingerprint density at radius 2 is 1.66 bits per heavy atom. The third kappa shape index (κ3) is 5.83. The van der Waals surface area contributed by atoms with E-state index in [1.807, 2.05) is 6.92 Å². The van der Waals surface area contributed by atoms with Gasteiger partial charge in [-0.3, -0.25) is 9.10 Å². The predicted octanol–water partition coefficient (Wildman–Crippen LogP) is 7.16. The summed E-state index contributed by atoms with van der Waals surface area (Å²) in [7, 11) is -1.05. The number of nitrogens with one attached hydrogen (secondary N) is 1. The van der Waals surface area contributed by atoms with Crippen LogP contribution in [0.1, 0.15) is 17.3 Å². The van der Waals surface area contributed by atoms with Crippen LogP contribution in [0.25, 0.3) is 56.0 Å². The van der Waals surface area contributed by atoms with Crippen molar-refractivity contribution in [1.82, 2.24) is 10.3 Å². The monoisotopic (exact) mass is 705 g/mol. The van der Waals surface area contributed by atoms with Gasteiger partial charge in [-0.2, -0.15) is 0 Å². The molecule has 1 fully saturated rings. The van der Waals surface area contributed by atoms with E-state index in [0.717, 1.165) is 12.3 Å². The zero-order valence-electron chi connectivity index (χ0n) is 27.3. The van der Waals surface area contributed by atoms with Gasteiger partial charge in [-0.1, -0.05) is 13.0 Å². The zero-order valence-corrected chi connectivity index (χ0v) is 28.1. The van der Waals surface area contributed by atoms with Crippen LogP contribution < -0.4 is 14.4 Å². The Kier molecular flexibility index (Phi) is 8.10. The molecule has 50 heavy (non-hydrogen) atoms. The summed E-state index contributed by atoms with van der Waals surface area (Å²) in [5, 5.41) is 2.98.